The molecule has 1 aliphatic heterocycles. The van der Waals surface area contributed by atoms with Crippen molar-refractivity contribution in [3.63, 3.8) is 0 Å². The number of likely N-dealkylation sites (N-methyl/N-ethyl adjacent to an activating group) is 1. The Morgan fingerprint density at radius 3 is 2.93 bits per heavy atom. The monoisotopic (exact) mass is 394 g/mol. The predicted octanol–water partition coefficient (Wildman–Crippen LogP) is 2.19. The van der Waals surface area contributed by atoms with Gasteiger partial charge in [0.25, 0.3) is 0 Å². The summed E-state index contributed by atoms with van der Waals surface area (Å²) in [4.78, 5) is 11.5. The molecular formula is C21H26N6O2. The lowest BCUT2D eigenvalue weighted by molar-refractivity contribution is 0.265. The zero-order chi connectivity index (χ0) is 20.0. The molecule has 2 N–H and O–H groups in total. The van der Waals surface area contributed by atoms with Gasteiger partial charge in [0.2, 0.25) is 5.95 Å². The van der Waals surface area contributed by atoms with Crippen LogP contribution in [0.4, 0.5) is 11.6 Å². The van der Waals surface area contributed by atoms with Gasteiger partial charge in [-0.15, -0.1) is 0 Å². The number of hydrogen-bond donors (Lipinski definition) is 2. The lowest BCUT2D eigenvalue weighted by atomic mass is 9.99. The SMILES string of the molecule is COc1cc2c(cc1Nc1ncc3cnn(C[C@H]4C[C@H]4CO)c3n1)CN(C)CC2. The second-order valence-electron chi connectivity index (χ2n) is 8.17. The van der Waals surface area contributed by atoms with Crippen molar-refractivity contribution in [1.82, 2.24) is 24.6 Å². The molecule has 0 spiro atoms. The summed E-state index contributed by atoms with van der Waals surface area (Å²) < 4.78 is 7.54. The van der Waals surface area contributed by atoms with Crippen LogP contribution in [-0.4, -0.2) is 57.1 Å². The maximum Gasteiger partial charge on any atom is 0.229 e. The number of nitrogens with zero attached hydrogens (tertiary/aromatic N) is 5. The maximum atomic E-state index is 9.30. The number of aliphatic hydroxyl groups is 1. The van der Waals surface area contributed by atoms with Crippen molar-refractivity contribution in [2.24, 2.45) is 11.8 Å². The Labute approximate surface area is 169 Å². The van der Waals surface area contributed by atoms with Gasteiger partial charge in [0, 0.05) is 32.4 Å². The van der Waals surface area contributed by atoms with Crippen molar-refractivity contribution in [2.75, 3.05) is 32.6 Å². The highest BCUT2D eigenvalue weighted by Gasteiger charge is 2.37. The van der Waals surface area contributed by atoms with E-state index in [0.29, 0.717) is 17.8 Å². The predicted molar refractivity (Wildman–Crippen MR) is 110 cm³/mol. The number of aliphatic hydroxyl groups excluding tert-OH is 1. The molecule has 2 aromatic heterocycles. The van der Waals surface area contributed by atoms with Gasteiger partial charge in [-0.25, -0.2) is 9.67 Å². The van der Waals surface area contributed by atoms with E-state index in [9.17, 15) is 5.11 Å². The molecule has 2 aliphatic rings. The van der Waals surface area contributed by atoms with E-state index in [2.05, 4.69) is 39.5 Å². The summed E-state index contributed by atoms with van der Waals surface area (Å²) in [5, 5.41) is 18.0. The van der Waals surface area contributed by atoms with Gasteiger partial charge in [-0.1, -0.05) is 0 Å². The average molecular weight is 394 g/mol. The Morgan fingerprint density at radius 2 is 2.14 bits per heavy atom. The number of rotatable bonds is 6. The normalized spacial score (nSPS) is 21.2. The maximum absolute atomic E-state index is 9.30. The minimum Gasteiger partial charge on any atom is -0.495 e. The minimum atomic E-state index is 0.249. The molecule has 152 valence electrons. The van der Waals surface area contributed by atoms with Crippen molar-refractivity contribution in [3.05, 3.63) is 35.7 Å². The standard InChI is InChI=1S/C21H26N6O2/c1-26-4-3-13-7-19(29-2)18(6-15(13)10-26)24-21-22-8-17-9-23-27(20(17)25-21)11-14-5-16(14)12-28/h6-9,14,16,28H,3-5,10-12H2,1-2H3,(H,22,24,25)/t14-,16+/m1/s1. The number of aromatic nitrogens is 4. The first kappa shape index (κ1) is 18.3. The minimum absolute atomic E-state index is 0.249. The van der Waals surface area contributed by atoms with E-state index in [4.69, 9.17) is 9.72 Å². The largest absolute Gasteiger partial charge is 0.495 e. The Kier molecular flexibility index (Phi) is 4.60. The summed E-state index contributed by atoms with van der Waals surface area (Å²) in [6.07, 6.45) is 5.67. The van der Waals surface area contributed by atoms with Crippen LogP contribution in [0.5, 0.6) is 5.75 Å². The van der Waals surface area contributed by atoms with Gasteiger partial charge in [-0.2, -0.15) is 10.1 Å². The Morgan fingerprint density at radius 1 is 1.24 bits per heavy atom. The molecule has 1 saturated carbocycles. The molecule has 5 rings (SSSR count). The van der Waals surface area contributed by atoms with Crippen LogP contribution >= 0.6 is 0 Å². The fourth-order valence-corrected chi connectivity index (χ4v) is 4.15. The van der Waals surface area contributed by atoms with Crippen molar-refractivity contribution >= 4 is 22.7 Å². The highest BCUT2D eigenvalue weighted by Crippen LogP contribution is 2.39. The first-order chi connectivity index (χ1) is 14.1. The van der Waals surface area contributed by atoms with E-state index in [1.54, 1.807) is 19.5 Å². The van der Waals surface area contributed by atoms with Gasteiger partial charge < -0.3 is 20.1 Å². The number of ether oxygens (including phenoxy) is 1. The molecule has 1 aromatic carbocycles. The van der Waals surface area contributed by atoms with E-state index in [1.807, 2.05) is 4.68 Å². The van der Waals surface area contributed by atoms with Crippen LogP contribution in [0.15, 0.2) is 24.5 Å². The fraction of sp³-hybridized carbons (Fsp3) is 0.476. The highest BCUT2D eigenvalue weighted by molar-refractivity contribution is 5.76. The van der Waals surface area contributed by atoms with Crippen molar-refractivity contribution < 1.29 is 9.84 Å². The summed E-state index contributed by atoms with van der Waals surface area (Å²) in [5.41, 5.74) is 4.32. The first-order valence-electron chi connectivity index (χ1n) is 10.1. The Balaban J connectivity index is 1.43. The smallest absolute Gasteiger partial charge is 0.229 e. The van der Waals surface area contributed by atoms with E-state index < -0.39 is 0 Å². The highest BCUT2D eigenvalue weighted by atomic mass is 16.5. The van der Waals surface area contributed by atoms with Crippen molar-refractivity contribution in [3.8, 4) is 5.75 Å². The molecule has 1 aliphatic carbocycles. The van der Waals surface area contributed by atoms with E-state index in [0.717, 1.165) is 54.9 Å². The number of hydrogen-bond acceptors (Lipinski definition) is 7. The Hall–Kier alpha value is -2.71. The van der Waals surface area contributed by atoms with Gasteiger partial charge in [0.1, 0.15) is 5.75 Å². The zero-order valence-corrected chi connectivity index (χ0v) is 16.8. The van der Waals surface area contributed by atoms with Crippen LogP contribution in [-0.2, 0) is 19.5 Å². The summed E-state index contributed by atoms with van der Waals surface area (Å²) >= 11 is 0. The lowest BCUT2D eigenvalue weighted by Crippen LogP contribution is -2.26. The number of methoxy groups -OCH3 is 1. The van der Waals surface area contributed by atoms with Crippen LogP contribution in [0.3, 0.4) is 0 Å². The topological polar surface area (TPSA) is 88.3 Å². The van der Waals surface area contributed by atoms with Crippen LogP contribution in [0, 0.1) is 11.8 Å². The van der Waals surface area contributed by atoms with Gasteiger partial charge in [0.15, 0.2) is 5.65 Å². The summed E-state index contributed by atoms with van der Waals surface area (Å²) in [5.74, 6) is 2.20. The third kappa shape index (κ3) is 3.54. The lowest BCUT2D eigenvalue weighted by Gasteiger charge is -2.26. The van der Waals surface area contributed by atoms with Gasteiger partial charge in [0.05, 0.1) is 24.4 Å². The summed E-state index contributed by atoms with van der Waals surface area (Å²) in [6.45, 7) is 3.01. The third-order valence-corrected chi connectivity index (χ3v) is 6.06. The quantitative estimate of drug-likeness (QED) is 0.663. The Bertz CT molecular complexity index is 1050. The number of nitrogens with one attached hydrogen (secondary N) is 1. The van der Waals surface area contributed by atoms with Gasteiger partial charge in [-0.3, -0.25) is 0 Å². The number of fused-ring (bicyclic) bond motifs is 2. The van der Waals surface area contributed by atoms with Crippen LogP contribution in [0.25, 0.3) is 11.0 Å². The first-order valence-corrected chi connectivity index (χ1v) is 10.1. The average Bonchev–Trinajstić information content (AvgIpc) is 3.37. The second kappa shape index (κ2) is 7.27. The zero-order valence-electron chi connectivity index (χ0n) is 16.8. The molecule has 3 heterocycles. The number of benzene rings is 1. The van der Waals surface area contributed by atoms with Crippen molar-refractivity contribution in [2.45, 2.75) is 25.9 Å². The molecular weight excluding hydrogens is 368 g/mol. The third-order valence-electron chi connectivity index (χ3n) is 6.06. The molecule has 0 amide bonds. The molecule has 0 saturated heterocycles. The van der Waals surface area contributed by atoms with Crippen LogP contribution in [0.2, 0.25) is 0 Å². The second-order valence-corrected chi connectivity index (χ2v) is 8.17. The van der Waals surface area contributed by atoms with E-state index in [-0.39, 0.29) is 6.61 Å². The molecule has 0 radical (unpaired) electrons. The summed E-state index contributed by atoms with van der Waals surface area (Å²) in [7, 11) is 3.83. The molecule has 29 heavy (non-hydrogen) atoms. The van der Waals surface area contributed by atoms with Gasteiger partial charge >= 0.3 is 0 Å². The van der Waals surface area contributed by atoms with Crippen LogP contribution in [0.1, 0.15) is 17.5 Å². The fourth-order valence-electron chi connectivity index (χ4n) is 4.15. The molecule has 2 atom stereocenters. The molecule has 8 nitrogen and oxygen atoms in total. The molecule has 0 bridgehead atoms. The molecule has 0 unspecified atom stereocenters. The van der Waals surface area contributed by atoms with Crippen molar-refractivity contribution in [1.29, 1.82) is 0 Å². The number of anilines is 2. The van der Waals surface area contributed by atoms with E-state index >= 15 is 0 Å². The summed E-state index contributed by atoms with van der Waals surface area (Å²) in [6, 6.07) is 4.26. The van der Waals surface area contributed by atoms with Gasteiger partial charge in [-0.05, 0) is 55.0 Å². The van der Waals surface area contributed by atoms with Crippen LogP contribution < -0.4 is 10.1 Å². The molecule has 1 fully saturated rings. The molecule has 8 heteroatoms. The molecule has 3 aromatic rings. The van der Waals surface area contributed by atoms with E-state index in [1.165, 1.54) is 11.1 Å².